The van der Waals surface area contributed by atoms with Crippen molar-refractivity contribution in [2.75, 3.05) is 19.7 Å². The van der Waals surface area contributed by atoms with E-state index in [1.165, 1.54) is 17.8 Å². The Morgan fingerprint density at radius 3 is 2.65 bits per heavy atom. The molecule has 1 aliphatic rings. The standard InChI is InChI=1S/C19H27N3O3S/c1-6-25-19(24)15-12(4)14-17(23)20-16(21-18(14)26-15)13(5)22-8-10(2)7-11(3)9-22/h10-11,13H,6-9H2,1-5H3,(H,20,21,23). The van der Waals surface area contributed by atoms with Crippen LogP contribution in [0, 0.1) is 18.8 Å². The van der Waals surface area contributed by atoms with Gasteiger partial charge in [-0.15, -0.1) is 11.3 Å². The van der Waals surface area contributed by atoms with E-state index in [4.69, 9.17) is 9.72 Å². The van der Waals surface area contributed by atoms with Gasteiger partial charge in [0.2, 0.25) is 0 Å². The SMILES string of the molecule is CCOC(=O)c1sc2nc(C(C)N3CC(C)CC(C)C3)[nH]c(=O)c2c1C. The van der Waals surface area contributed by atoms with Crippen molar-refractivity contribution in [3.63, 3.8) is 0 Å². The van der Waals surface area contributed by atoms with E-state index in [1.54, 1.807) is 13.8 Å². The van der Waals surface area contributed by atoms with E-state index >= 15 is 0 Å². The predicted octanol–water partition coefficient (Wildman–Crippen LogP) is 3.51. The molecular weight excluding hydrogens is 350 g/mol. The van der Waals surface area contributed by atoms with E-state index in [9.17, 15) is 9.59 Å². The highest BCUT2D eigenvalue weighted by molar-refractivity contribution is 7.20. The van der Waals surface area contributed by atoms with Gasteiger partial charge in [0.15, 0.2) is 0 Å². The molecule has 0 radical (unpaired) electrons. The Bertz CT molecular complexity index is 863. The number of nitrogens with zero attached hydrogens (tertiary/aromatic N) is 2. The monoisotopic (exact) mass is 377 g/mol. The molecule has 3 unspecified atom stereocenters. The lowest BCUT2D eigenvalue weighted by Gasteiger charge is -2.38. The van der Waals surface area contributed by atoms with Gasteiger partial charge in [-0.2, -0.15) is 0 Å². The maximum atomic E-state index is 12.7. The predicted molar refractivity (Wildman–Crippen MR) is 104 cm³/mol. The average Bonchev–Trinajstić information content (AvgIpc) is 2.90. The van der Waals surface area contributed by atoms with Gasteiger partial charge in [0.05, 0.1) is 18.0 Å². The van der Waals surface area contributed by atoms with Gasteiger partial charge in [-0.25, -0.2) is 9.78 Å². The van der Waals surface area contributed by atoms with Crippen LogP contribution >= 0.6 is 11.3 Å². The van der Waals surface area contributed by atoms with E-state index in [0.29, 0.717) is 44.9 Å². The van der Waals surface area contributed by atoms with Crippen LogP contribution in [0.4, 0.5) is 0 Å². The number of fused-ring (bicyclic) bond motifs is 1. The molecular formula is C19H27N3O3S. The minimum absolute atomic E-state index is 0.0331. The summed E-state index contributed by atoms with van der Waals surface area (Å²) in [7, 11) is 0. The Morgan fingerprint density at radius 2 is 2.04 bits per heavy atom. The summed E-state index contributed by atoms with van der Waals surface area (Å²) >= 11 is 1.24. The van der Waals surface area contributed by atoms with Crippen LogP contribution in [0.1, 0.15) is 61.2 Å². The van der Waals surface area contributed by atoms with Crippen molar-refractivity contribution in [2.45, 2.75) is 47.1 Å². The van der Waals surface area contributed by atoms with Gasteiger partial charge in [0.1, 0.15) is 15.5 Å². The van der Waals surface area contributed by atoms with Crippen LogP contribution in [0.3, 0.4) is 0 Å². The van der Waals surface area contributed by atoms with Crippen molar-refractivity contribution < 1.29 is 9.53 Å². The van der Waals surface area contributed by atoms with Crippen LogP contribution < -0.4 is 5.56 Å². The van der Waals surface area contributed by atoms with Crippen molar-refractivity contribution in [2.24, 2.45) is 11.8 Å². The van der Waals surface area contributed by atoms with Crippen molar-refractivity contribution >= 4 is 27.5 Å². The number of carbonyl (C=O) groups excluding carboxylic acids is 1. The zero-order valence-corrected chi connectivity index (χ0v) is 16.9. The Morgan fingerprint density at radius 1 is 1.38 bits per heavy atom. The fourth-order valence-electron chi connectivity index (χ4n) is 3.95. The van der Waals surface area contributed by atoms with Gasteiger partial charge in [-0.1, -0.05) is 13.8 Å². The molecule has 0 aliphatic carbocycles. The zero-order valence-electron chi connectivity index (χ0n) is 16.1. The minimum Gasteiger partial charge on any atom is -0.462 e. The second kappa shape index (κ2) is 7.48. The first-order valence-electron chi connectivity index (χ1n) is 9.26. The van der Waals surface area contributed by atoms with Gasteiger partial charge < -0.3 is 9.72 Å². The van der Waals surface area contributed by atoms with Crippen LogP contribution in [0.15, 0.2) is 4.79 Å². The topological polar surface area (TPSA) is 75.3 Å². The number of nitrogens with one attached hydrogen (secondary N) is 1. The Balaban J connectivity index is 1.98. The summed E-state index contributed by atoms with van der Waals surface area (Å²) in [4.78, 5) is 35.9. The third-order valence-corrected chi connectivity index (χ3v) is 6.29. The number of hydrogen-bond acceptors (Lipinski definition) is 6. The van der Waals surface area contributed by atoms with Gasteiger partial charge >= 0.3 is 5.97 Å². The number of aromatic amines is 1. The van der Waals surface area contributed by atoms with Crippen LogP contribution in [0.2, 0.25) is 0 Å². The van der Waals surface area contributed by atoms with Crippen LogP contribution in [-0.2, 0) is 4.74 Å². The number of likely N-dealkylation sites (tertiary alicyclic amines) is 1. The Labute approximate surface area is 157 Å². The fourth-order valence-corrected chi connectivity index (χ4v) is 5.03. The van der Waals surface area contributed by atoms with Gasteiger partial charge in [0.25, 0.3) is 5.56 Å². The molecule has 0 amide bonds. The maximum Gasteiger partial charge on any atom is 0.348 e. The molecule has 0 saturated carbocycles. The number of carbonyl (C=O) groups is 1. The molecule has 2 aromatic heterocycles. The highest BCUT2D eigenvalue weighted by Crippen LogP contribution is 2.31. The van der Waals surface area contributed by atoms with Gasteiger partial charge in [-0.05, 0) is 44.6 Å². The van der Waals surface area contributed by atoms with E-state index in [1.807, 2.05) is 0 Å². The summed E-state index contributed by atoms with van der Waals surface area (Å²) in [6.45, 7) is 12.5. The minimum atomic E-state index is -0.388. The molecule has 142 valence electrons. The molecule has 3 rings (SSSR count). The number of thiophene rings is 1. The second-order valence-electron chi connectivity index (χ2n) is 7.48. The molecule has 0 bridgehead atoms. The Kier molecular flexibility index (Phi) is 5.48. The molecule has 0 spiro atoms. The summed E-state index contributed by atoms with van der Waals surface area (Å²) in [5.74, 6) is 1.55. The first kappa shape index (κ1) is 19.0. The Hall–Kier alpha value is -1.73. The first-order chi connectivity index (χ1) is 12.3. The number of ether oxygens (including phenoxy) is 1. The molecule has 1 N–H and O–H groups in total. The van der Waals surface area contributed by atoms with E-state index < -0.39 is 0 Å². The van der Waals surface area contributed by atoms with Gasteiger partial charge in [0, 0.05) is 13.1 Å². The summed E-state index contributed by atoms with van der Waals surface area (Å²) < 4.78 is 5.10. The average molecular weight is 378 g/mol. The number of H-pyrrole nitrogens is 1. The summed E-state index contributed by atoms with van der Waals surface area (Å²) in [6.07, 6.45) is 1.24. The highest BCUT2D eigenvalue weighted by atomic mass is 32.1. The second-order valence-corrected chi connectivity index (χ2v) is 8.48. The van der Waals surface area contributed by atoms with E-state index in [-0.39, 0.29) is 17.6 Å². The first-order valence-corrected chi connectivity index (χ1v) is 10.1. The van der Waals surface area contributed by atoms with E-state index in [0.717, 1.165) is 13.1 Å². The smallest absolute Gasteiger partial charge is 0.348 e. The van der Waals surface area contributed by atoms with Crippen LogP contribution in [-0.4, -0.2) is 40.5 Å². The number of aromatic nitrogens is 2. The molecule has 1 aliphatic heterocycles. The van der Waals surface area contributed by atoms with Gasteiger partial charge in [-0.3, -0.25) is 9.69 Å². The van der Waals surface area contributed by atoms with Crippen LogP contribution in [0.5, 0.6) is 0 Å². The normalized spacial score (nSPS) is 22.5. The lowest BCUT2D eigenvalue weighted by Crippen LogP contribution is -2.41. The third-order valence-electron chi connectivity index (χ3n) is 5.12. The lowest BCUT2D eigenvalue weighted by atomic mass is 9.91. The summed E-state index contributed by atoms with van der Waals surface area (Å²) in [5.41, 5.74) is 0.468. The molecule has 6 nitrogen and oxygen atoms in total. The van der Waals surface area contributed by atoms with Crippen molar-refractivity contribution in [3.8, 4) is 0 Å². The van der Waals surface area contributed by atoms with Crippen LogP contribution in [0.25, 0.3) is 10.2 Å². The summed E-state index contributed by atoms with van der Waals surface area (Å²) in [6, 6.07) is 0.0331. The molecule has 2 aromatic rings. The zero-order chi connectivity index (χ0) is 19.0. The molecule has 1 fully saturated rings. The largest absolute Gasteiger partial charge is 0.462 e. The molecule has 7 heteroatoms. The van der Waals surface area contributed by atoms with Crippen molar-refractivity contribution in [1.29, 1.82) is 0 Å². The van der Waals surface area contributed by atoms with Crippen molar-refractivity contribution in [1.82, 2.24) is 14.9 Å². The number of piperidine rings is 1. The summed E-state index contributed by atoms with van der Waals surface area (Å²) in [5, 5.41) is 0.495. The molecule has 0 aromatic carbocycles. The van der Waals surface area contributed by atoms with E-state index in [2.05, 4.69) is 30.7 Å². The van der Waals surface area contributed by atoms with Crippen molar-refractivity contribution in [3.05, 3.63) is 26.6 Å². The number of esters is 1. The third kappa shape index (κ3) is 3.55. The number of aryl methyl sites for hydroxylation is 1. The maximum absolute atomic E-state index is 12.7. The number of rotatable bonds is 4. The molecule has 3 heterocycles. The highest BCUT2D eigenvalue weighted by Gasteiger charge is 2.28. The quantitative estimate of drug-likeness (QED) is 0.825. The fraction of sp³-hybridized carbons (Fsp3) is 0.632. The number of hydrogen-bond donors (Lipinski definition) is 1. The molecule has 3 atom stereocenters. The molecule has 1 saturated heterocycles. The lowest BCUT2D eigenvalue weighted by molar-refractivity contribution is 0.0531. The molecule has 26 heavy (non-hydrogen) atoms.